The van der Waals surface area contributed by atoms with Crippen LogP contribution in [0.25, 0.3) is 0 Å². The van der Waals surface area contributed by atoms with Crippen molar-refractivity contribution in [2.75, 3.05) is 13.6 Å². The maximum Gasteiger partial charge on any atom is 0.317 e. The summed E-state index contributed by atoms with van der Waals surface area (Å²) in [7, 11) is 1.66. The lowest BCUT2D eigenvalue weighted by atomic mass is 9.46. The van der Waals surface area contributed by atoms with Gasteiger partial charge in [0.2, 0.25) is 5.91 Å². The summed E-state index contributed by atoms with van der Waals surface area (Å²) in [5.74, 6) is 1.12. The number of nitrogens with one attached hydrogen (secondary N) is 2. The number of rotatable bonds is 2. The first-order valence-electron chi connectivity index (χ1n) is 7.32. The Balaban J connectivity index is 1.64. The highest BCUT2D eigenvalue weighted by Crippen LogP contribution is 2.60. The lowest BCUT2D eigenvalue weighted by molar-refractivity contribution is -0.126. The largest absolute Gasteiger partial charge is 0.348 e. The second kappa shape index (κ2) is 4.24. The van der Waals surface area contributed by atoms with E-state index in [1.807, 2.05) is 0 Å². The molecule has 0 radical (unpaired) electrons. The van der Waals surface area contributed by atoms with Crippen molar-refractivity contribution in [3.63, 3.8) is 0 Å². The average Bonchev–Trinajstić information content (AvgIpc) is 2.71. The minimum Gasteiger partial charge on any atom is -0.348 e. The fourth-order valence-corrected chi connectivity index (χ4v) is 4.00. The van der Waals surface area contributed by atoms with Crippen LogP contribution in [0.5, 0.6) is 0 Å². The lowest BCUT2D eigenvalue weighted by Crippen LogP contribution is -2.59. The molecule has 110 valence electrons. The van der Waals surface area contributed by atoms with E-state index in [1.54, 1.807) is 7.05 Å². The van der Waals surface area contributed by atoms with Gasteiger partial charge in [-0.15, -0.1) is 0 Å². The summed E-state index contributed by atoms with van der Waals surface area (Å²) in [6.07, 6.45) is 2.19. The Bertz CT molecular complexity index is 486. The Labute approximate surface area is 119 Å². The highest BCUT2D eigenvalue weighted by molar-refractivity contribution is 5.90. The number of amides is 3. The Kier molecular flexibility index (Phi) is 2.85. The summed E-state index contributed by atoms with van der Waals surface area (Å²) in [5.41, 5.74) is 1.49. The average molecular weight is 277 g/mol. The molecule has 20 heavy (non-hydrogen) atoms. The normalized spacial score (nSPS) is 38.2. The number of likely N-dealkylation sites (N-methyl/N-ethyl adjacent to an activating group) is 1. The summed E-state index contributed by atoms with van der Waals surface area (Å²) >= 11 is 0. The molecule has 3 aliphatic carbocycles. The van der Waals surface area contributed by atoms with Gasteiger partial charge in [0.15, 0.2) is 0 Å². The van der Waals surface area contributed by atoms with Crippen LogP contribution in [-0.2, 0) is 4.79 Å². The summed E-state index contributed by atoms with van der Waals surface area (Å²) < 4.78 is 0. The third-order valence-corrected chi connectivity index (χ3v) is 5.74. The topological polar surface area (TPSA) is 61.4 Å². The van der Waals surface area contributed by atoms with Crippen molar-refractivity contribution >= 4 is 11.9 Å². The van der Waals surface area contributed by atoms with E-state index in [4.69, 9.17) is 0 Å². The Morgan fingerprint density at radius 2 is 2.15 bits per heavy atom. The number of fused-ring (bicyclic) bond motifs is 2. The van der Waals surface area contributed by atoms with Gasteiger partial charge in [-0.2, -0.15) is 0 Å². The predicted octanol–water partition coefficient (Wildman–Crippen LogP) is 1.12. The van der Waals surface area contributed by atoms with Crippen LogP contribution in [0.3, 0.4) is 0 Å². The molecule has 4 atom stereocenters. The smallest absolute Gasteiger partial charge is 0.317 e. The highest BCUT2D eigenvalue weighted by atomic mass is 16.2. The van der Waals surface area contributed by atoms with E-state index in [2.05, 4.69) is 31.1 Å². The number of hydrogen-bond acceptors (Lipinski definition) is 2. The van der Waals surface area contributed by atoms with Crippen molar-refractivity contribution < 1.29 is 9.59 Å². The van der Waals surface area contributed by atoms with Crippen molar-refractivity contribution in [3.8, 4) is 0 Å². The molecule has 0 aromatic carbocycles. The Morgan fingerprint density at radius 1 is 1.45 bits per heavy atom. The second-order valence-corrected chi connectivity index (χ2v) is 6.99. The molecule has 1 saturated heterocycles. The van der Waals surface area contributed by atoms with Gasteiger partial charge in [0.25, 0.3) is 0 Å². The van der Waals surface area contributed by atoms with Gasteiger partial charge < -0.3 is 15.5 Å². The molecule has 0 aromatic heterocycles. The van der Waals surface area contributed by atoms with Crippen LogP contribution < -0.4 is 10.6 Å². The zero-order valence-electron chi connectivity index (χ0n) is 12.4. The lowest BCUT2D eigenvalue weighted by Gasteiger charge is -2.60. The van der Waals surface area contributed by atoms with E-state index in [9.17, 15) is 9.59 Å². The molecule has 2 unspecified atom stereocenters. The van der Waals surface area contributed by atoms with Crippen LogP contribution in [0.15, 0.2) is 12.2 Å². The van der Waals surface area contributed by atoms with Crippen LogP contribution in [0, 0.1) is 17.3 Å². The fourth-order valence-electron chi connectivity index (χ4n) is 4.00. The fraction of sp³-hybridized carbons (Fsp3) is 0.733. The molecule has 4 aliphatic rings. The van der Waals surface area contributed by atoms with Crippen molar-refractivity contribution in [2.24, 2.45) is 17.3 Å². The molecular weight excluding hydrogens is 254 g/mol. The van der Waals surface area contributed by atoms with Gasteiger partial charge in [-0.25, -0.2) is 4.79 Å². The maximum absolute atomic E-state index is 12.3. The first-order valence-corrected chi connectivity index (χ1v) is 7.32. The molecular formula is C15H23N3O2. The van der Waals surface area contributed by atoms with Gasteiger partial charge >= 0.3 is 6.03 Å². The van der Waals surface area contributed by atoms with Crippen LogP contribution in [0.1, 0.15) is 26.7 Å². The van der Waals surface area contributed by atoms with Gasteiger partial charge in [0, 0.05) is 13.6 Å². The van der Waals surface area contributed by atoms with Gasteiger partial charge in [0.05, 0.1) is 6.04 Å². The maximum atomic E-state index is 12.3. The zero-order chi connectivity index (χ0) is 14.7. The molecule has 2 bridgehead atoms. The quantitative estimate of drug-likeness (QED) is 0.743. The molecule has 4 fully saturated rings. The highest BCUT2D eigenvalue weighted by Gasteiger charge is 2.55. The van der Waals surface area contributed by atoms with E-state index in [1.165, 1.54) is 11.3 Å². The second-order valence-electron chi connectivity index (χ2n) is 6.99. The number of urea groups is 1. The van der Waals surface area contributed by atoms with Crippen molar-refractivity contribution in [1.29, 1.82) is 0 Å². The predicted molar refractivity (Wildman–Crippen MR) is 76.0 cm³/mol. The van der Waals surface area contributed by atoms with Crippen molar-refractivity contribution in [1.82, 2.24) is 15.5 Å². The first kappa shape index (κ1) is 13.5. The molecule has 4 rings (SSSR count). The van der Waals surface area contributed by atoms with Crippen LogP contribution in [-0.4, -0.2) is 42.5 Å². The van der Waals surface area contributed by atoms with E-state index in [0.29, 0.717) is 23.8 Å². The SMILES string of the molecule is C=C1C(NC(=O)C2CNC(=O)N2C)C[C@H]2C[C@@H]1C2(C)C. The third-order valence-electron chi connectivity index (χ3n) is 5.74. The summed E-state index contributed by atoms with van der Waals surface area (Å²) in [6, 6.07) is -0.512. The van der Waals surface area contributed by atoms with Crippen LogP contribution >= 0.6 is 0 Å². The molecule has 5 heteroatoms. The zero-order valence-corrected chi connectivity index (χ0v) is 12.4. The summed E-state index contributed by atoms with van der Waals surface area (Å²) in [5, 5.41) is 5.77. The summed E-state index contributed by atoms with van der Waals surface area (Å²) in [4.78, 5) is 25.2. The third kappa shape index (κ3) is 1.75. The van der Waals surface area contributed by atoms with Crippen molar-refractivity contribution in [2.45, 2.75) is 38.8 Å². The van der Waals surface area contributed by atoms with Gasteiger partial charge in [-0.1, -0.05) is 26.0 Å². The number of hydrogen-bond donors (Lipinski definition) is 2. The molecule has 5 nitrogen and oxygen atoms in total. The molecule has 2 N–H and O–H groups in total. The van der Waals surface area contributed by atoms with E-state index in [0.717, 1.165) is 12.0 Å². The Morgan fingerprint density at radius 3 is 2.65 bits per heavy atom. The monoisotopic (exact) mass is 277 g/mol. The molecule has 1 heterocycles. The minimum absolute atomic E-state index is 0.0726. The van der Waals surface area contributed by atoms with Crippen LogP contribution in [0.4, 0.5) is 4.79 Å². The van der Waals surface area contributed by atoms with E-state index < -0.39 is 6.04 Å². The molecule has 3 amide bonds. The van der Waals surface area contributed by atoms with Gasteiger partial charge in [-0.05, 0) is 30.1 Å². The number of carbonyl (C=O) groups is 2. The number of nitrogens with zero attached hydrogens (tertiary/aromatic N) is 1. The standard InChI is InChI=1S/C15H23N3O2/c1-8-10-5-9(15(10,2)3)6-11(8)17-13(19)12-7-16-14(20)18(12)4/h9-12H,1,5-7H2,2-4H3,(H,16,20)(H,17,19)/t9-,10+,11?,12?/m1/s1. The molecule has 1 aliphatic heterocycles. The molecule has 0 aromatic rings. The molecule has 0 spiro atoms. The minimum atomic E-state index is -0.401. The van der Waals surface area contributed by atoms with E-state index in [-0.39, 0.29) is 18.0 Å². The van der Waals surface area contributed by atoms with Crippen LogP contribution in [0.2, 0.25) is 0 Å². The van der Waals surface area contributed by atoms with Gasteiger partial charge in [0.1, 0.15) is 6.04 Å². The molecule has 3 saturated carbocycles. The van der Waals surface area contributed by atoms with E-state index >= 15 is 0 Å². The first-order chi connectivity index (χ1) is 9.32. The summed E-state index contributed by atoms with van der Waals surface area (Å²) in [6.45, 7) is 9.19. The Hall–Kier alpha value is -1.52. The van der Waals surface area contributed by atoms with Crippen molar-refractivity contribution in [3.05, 3.63) is 12.2 Å². The number of carbonyl (C=O) groups excluding carboxylic acids is 2. The van der Waals surface area contributed by atoms with Gasteiger partial charge in [-0.3, -0.25) is 4.79 Å².